The van der Waals surface area contributed by atoms with Gasteiger partial charge in [-0.05, 0) is 49.4 Å². The third kappa shape index (κ3) is 2.55. The molecule has 3 nitrogen and oxygen atoms in total. The number of amides is 1. The van der Waals surface area contributed by atoms with E-state index in [-0.39, 0.29) is 17.5 Å². The fourth-order valence-corrected chi connectivity index (χ4v) is 4.10. The van der Waals surface area contributed by atoms with Crippen LogP contribution < -0.4 is 10.6 Å². The molecule has 23 heavy (non-hydrogen) atoms. The molecule has 2 aromatic carbocycles. The van der Waals surface area contributed by atoms with Gasteiger partial charge in [0.25, 0.3) is 5.91 Å². The number of nitrogens with one attached hydrogen (secondary N) is 2. The predicted octanol–water partition coefficient (Wildman–Crippen LogP) is 3.23. The van der Waals surface area contributed by atoms with Crippen molar-refractivity contribution >= 4 is 5.91 Å². The van der Waals surface area contributed by atoms with Gasteiger partial charge < -0.3 is 5.32 Å². The summed E-state index contributed by atoms with van der Waals surface area (Å²) < 4.78 is 0. The van der Waals surface area contributed by atoms with Gasteiger partial charge in [0.1, 0.15) is 0 Å². The Hall–Kier alpha value is -2.13. The summed E-state index contributed by atoms with van der Waals surface area (Å²) in [4.78, 5) is 12.6. The van der Waals surface area contributed by atoms with Gasteiger partial charge in [0.05, 0.1) is 5.66 Å². The maximum absolute atomic E-state index is 12.6. The van der Waals surface area contributed by atoms with Gasteiger partial charge in [0.2, 0.25) is 0 Å². The maximum Gasteiger partial charge on any atom is 0.253 e. The second kappa shape index (κ2) is 5.82. The molecule has 1 amide bonds. The summed E-state index contributed by atoms with van der Waals surface area (Å²) in [6, 6.07) is 18.6. The second-order valence-electron chi connectivity index (χ2n) is 6.64. The minimum Gasteiger partial charge on any atom is -0.333 e. The number of piperidine rings is 1. The Balaban J connectivity index is 1.79. The van der Waals surface area contributed by atoms with Crippen LogP contribution in [-0.2, 0) is 6.42 Å². The number of carbonyl (C=O) groups excluding carboxylic acids is 1. The third-order valence-electron chi connectivity index (χ3n) is 5.23. The first-order chi connectivity index (χ1) is 11.3. The number of benzene rings is 2. The molecular formula is C20H22N2O. The minimum absolute atomic E-state index is 0.0549. The number of hydrogen-bond donors (Lipinski definition) is 2. The Kier molecular flexibility index (Phi) is 3.66. The van der Waals surface area contributed by atoms with Crippen LogP contribution in [0.25, 0.3) is 0 Å². The Labute approximate surface area is 137 Å². The van der Waals surface area contributed by atoms with Crippen molar-refractivity contribution in [3.63, 3.8) is 0 Å². The lowest BCUT2D eigenvalue weighted by molar-refractivity contribution is 0.0757. The fraction of sp³-hybridized carbons (Fsp3) is 0.350. The van der Waals surface area contributed by atoms with Gasteiger partial charge in [-0.15, -0.1) is 0 Å². The average Bonchev–Trinajstić information content (AvgIpc) is 2.60. The molecule has 118 valence electrons. The molecule has 0 aromatic heterocycles. The van der Waals surface area contributed by atoms with Crippen molar-refractivity contribution in [1.29, 1.82) is 0 Å². The van der Waals surface area contributed by atoms with E-state index >= 15 is 0 Å². The van der Waals surface area contributed by atoms with Crippen molar-refractivity contribution < 1.29 is 4.79 Å². The molecule has 2 aliphatic heterocycles. The van der Waals surface area contributed by atoms with Crippen LogP contribution in [0, 0.1) is 0 Å². The van der Waals surface area contributed by atoms with Gasteiger partial charge >= 0.3 is 0 Å². The SMILES string of the molecule is O=C1NC2(CCCCN2)C(Cc2ccccc2)c2ccccc21. The Morgan fingerprint density at radius 2 is 1.78 bits per heavy atom. The molecule has 2 aromatic rings. The summed E-state index contributed by atoms with van der Waals surface area (Å²) in [5, 5.41) is 6.95. The highest BCUT2D eigenvalue weighted by Gasteiger charge is 2.46. The van der Waals surface area contributed by atoms with Crippen LogP contribution in [0.5, 0.6) is 0 Å². The summed E-state index contributed by atoms with van der Waals surface area (Å²) in [6.45, 7) is 0.966. The average molecular weight is 306 g/mol. The van der Waals surface area contributed by atoms with Gasteiger partial charge in [0, 0.05) is 11.5 Å². The molecule has 1 saturated heterocycles. The third-order valence-corrected chi connectivity index (χ3v) is 5.23. The molecule has 3 heteroatoms. The van der Waals surface area contributed by atoms with E-state index in [4.69, 9.17) is 0 Å². The van der Waals surface area contributed by atoms with Crippen LogP contribution in [0.3, 0.4) is 0 Å². The number of hydrogen-bond acceptors (Lipinski definition) is 2. The van der Waals surface area contributed by atoms with Gasteiger partial charge in [0.15, 0.2) is 0 Å². The van der Waals surface area contributed by atoms with Crippen molar-refractivity contribution in [3.8, 4) is 0 Å². The summed E-state index contributed by atoms with van der Waals surface area (Å²) in [6.07, 6.45) is 4.26. The van der Waals surface area contributed by atoms with Crippen LogP contribution in [0.1, 0.15) is 46.7 Å². The number of fused-ring (bicyclic) bond motifs is 1. The first kappa shape index (κ1) is 14.5. The van der Waals surface area contributed by atoms with Gasteiger partial charge in [-0.1, -0.05) is 48.5 Å². The normalized spacial score (nSPS) is 26.6. The molecular weight excluding hydrogens is 284 g/mol. The van der Waals surface area contributed by atoms with Crippen LogP contribution in [0.2, 0.25) is 0 Å². The lowest BCUT2D eigenvalue weighted by Crippen LogP contribution is -2.66. The highest BCUT2D eigenvalue weighted by atomic mass is 16.2. The van der Waals surface area contributed by atoms with Crippen molar-refractivity contribution in [3.05, 3.63) is 71.3 Å². The Morgan fingerprint density at radius 1 is 1.00 bits per heavy atom. The highest BCUT2D eigenvalue weighted by Crippen LogP contribution is 2.40. The van der Waals surface area contributed by atoms with Crippen molar-refractivity contribution in [1.82, 2.24) is 10.6 Å². The zero-order valence-electron chi connectivity index (χ0n) is 13.2. The van der Waals surface area contributed by atoms with E-state index in [1.807, 2.05) is 18.2 Å². The first-order valence-corrected chi connectivity index (χ1v) is 8.49. The fourth-order valence-electron chi connectivity index (χ4n) is 4.10. The molecule has 2 N–H and O–H groups in total. The number of carbonyl (C=O) groups is 1. The first-order valence-electron chi connectivity index (χ1n) is 8.49. The molecule has 0 saturated carbocycles. The molecule has 4 rings (SSSR count). The zero-order chi connectivity index (χ0) is 15.7. The van der Waals surface area contributed by atoms with E-state index in [0.29, 0.717) is 0 Å². The summed E-state index contributed by atoms with van der Waals surface area (Å²) in [5.41, 5.74) is 3.01. The van der Waals surface area contributed by atoms with E-state index in [9.17, 15) is 4.79 Å². The van der Waals surface area contributed by atoms with Crippen molar-refractivity contribution in [2.45, 2.75) is 37.3 Å². The molecule has 1 fully saturated rings. The molecule has 1 spiro atoms. The van der Waals surface area contributed by atoms with Crippen LogP contribution >= 0.6 is 0 Å². The largest absolute Gasteiger partial charge is 0.333 e. The van der Waals surface area contributed by atoms with Crippen molar-refractivity contribution in [2.24, 2.45) is 0 Å². The zero-order valence-corrected chi connectivity index (χ0v) is 13.2. The molecule has 2 heterocycles. The second-order valence-corrected chi connectivity index (χ2v) is 6.64. The van der Waals surface area contributed by atoms with E-state index in [1.54, 1.807) is 0 Å². The maximum atomic E-state index is 12.6. The van der Waals surface area contributed by atoms with Gasteiger partial charge in [-0.3, -0.25) is 10.1 Å². The summed E-state index contributed by atoms with van der Waals surface area (Å²) >= 11 is 0. The van der Waals surface area contributed by atoms with Crippen LogP contribution in [-0.4, -0.2) is 18.1 Å². The molecule has 0 radical (unpaired) electrons. The minimum atomic E-state index is -0.306. The summed E-state index contributed by atoms with van der Waals surface area (Å²) in [7, 11) is 0. The molecule has 2 atom stereocenters. The standard InChI is InChI=1S/C20H22N2O/c23-19-17-11-5-4-10-16(17)18(14-15-8-2-1-3-9-15)20(22-19)12-6-7-13-21-20/h1-5,8-11,18,21H,6-7,12-14H2,(H,22,23). The van der Waals surface area contributed by atoms with Crippen LogP contribution in [0.15, 0.2) is 54.6 Å². The molecule has 2 unspecified atom stereocenters. The molecule has 0 bridgehead atoms. The van der Waals surface area contributed by atoms with E-state index in [2.05, 4.69) is 47.0 Å². The van der Waals surface area contributed by atoms with E-state index in [0.717, 1.165) is 31.4 Å². The quantitative estimate of drug-likeness (QED) is 0.894. The predicted molar refractivity (Wildman–Crippen MR) is 91.4 cm³/mol. The van der Waals surface area contributed by atoms with Gasteiger partial charge in [-0.2, -0.15) is 0 Å². The van der Waals surface area contributed by atoms with Crippen LogP contribution in [0.4, 0.5) is 0 Å². The molecule has 0 aliphatic carbocycles. The molecule has 2 aliphatic rings. The lowest BCUT2D eigenvalue weighted by Gasteiger charge is -2.48. The Bertz CT molecular complexity index is 705. The van der Waals surface area contributed by atoms with Crippen molar-refractivity contribution in [2.75, 3.05) is 6.54 Å². The Morgan fingerprint density at radius 3 is 2.57 bits per heavy atom. The monoisotopic (exact) mass is 306 g/mol. The lowest BCUT2D eigenvalue weighted by atomic mass is 9.73. The summed E-state index contributed by atoms with van der Waals surface area (Å²) in [5.74, 6) is 0.318. The topological polar surface area (TPSA) is 41.1 Å². The van der Waals surface area contributed by atoms with Gasteiger partial charge in [-0.25, -0.2) is 0 Å². The smallest absolute Gasteiger partial charge is 0.253 e. The van der Waals surface area contributed by atoms with E-state index in [1.165, 1.54) is 17.5 Å². The highest BCUT2D eigenvalue weighted by molar-refractivity contribution is 5.98. The van der Waals surface area contributed by atoms with E-state index < -0.39 is 0 Å². The number of rotatable bonds is 2.